The van der Waals surface area contributed by atoms with Crippen molar-refractivity contribution in [2.45, 2.75) is 19.1 Å². The highest BCUT2D eigenvalue weighted by Gasteiger charge is 2.25. The summed E-state index contributed by atoms with van der Waals surface area (Å²) in [6.07, 6.45) is -1.21. The molecule has 1 aromatic rings. The quantitative estimate of drug-likeness (QED) is 0.664. The number of amides is 2. The Kier molecular flexibility index (Phi) is 4.94. The van der Waals surface area contributed by atoms with Gasteiger partial charge in [-0.05, 0) is 19.1 Å². The van der Waals surface area contributed by atoms with E-state index >= 15 is 0 Å². The molecule has 0 bridgehead atoms. The number of aliphatic hydroxyl groups excluding tert-OH is 1. The Morgan fingerprint density at radius 2 is 1.94 bits per heavy atom. The van der Waals surface area contributed by atoms with Gasteiger partial charge in [-0.2, -0.15) is 0 Å². The smallest absolute Gasteiger partial charge is 0.328 e. The standard InChI is InChI=1S/C11H13ClN2O4/c1-6(15)9(10(16)17)14-11(18)13-8-5-3-2-4-7(8)12/h2-6,9,15H,1H3,(H,16,17)(H2,13,14,18). The van der Waals surface area contributed by atoms with Crippen molar-refractivity contribution in [3.63, 3.8) is 0 Å². The molecule has 1 rings (SSSR count). The lowest BCUT2D eigenvalue weighted by Crippen LogP contribution is -2.49. The lowest BCUT2D eigenvalue weighted by atomic mass is 10.2. The summed E-state index contributed by atoms with van der Waals surface area (Å²) in [4.78, 5) is 22.3. The Hall–Kier alpha value is -1.79. The topological polar surface area (TPSA) is 98.7 Å². The van der Waals surface area contributed by atoms with Crippen molar-refractivity contribution in [2.24, 2.45) is 0 Å². The van der Waals surface area contributed by atoms with Crippen molar-refractivity contribution < 1.29 is 19.8 Å². The Bertz CT molecular complexity index is 450. The fourth-order valence-corrected chi connectivity index (χ4v) is 1.43. The van der Waals surface area contributed by atoms with Crippen LogP contribution in [0.5, 0.6) is 0 Å². The van der Waals surface area contributed by atoms with E-state index in [4.69, 9.17) is 16.7 Å². The fourth-order valence-electron chi connectivity index (χ4n) is 1.25. The van der Waals surface area contributed by atoms with Gasteiger partial charge in [0.25, 0.3) is 0 Å². The molecule has 2 amide bonds. The number of rotatable bonds is 4. The van der Waals surface area contributed by atoms with Gasteiger partial charge in [0.15, 0.2) is 6.04 Å². The first kappa shape index (κ1) is 14.3. The first-order valence-corrected chi connectivity index (χ1v) is 5.52. The van der Waals surface area contributed by atoms with E-state index in [9.17, 15) is 14.7 Å². The van der Waals surface area contributed by atoms with Crippen LogP contribution in [-0.2, 0) is 4.79 Å². The van der Waals surface area contributed by atoms with Gasteiger partial charge in [0.05, 0.1) is 16.8 Å². The van der Waals surface area contributed by atoms with E-state index in [0.717, 1.165) is 0 Å². The molecule has 0 aliphatic heterocycles. The van der Waals surface area contributed by atoms with E-state index < -0.39 is 24.1 Å². The summed E-state index contributed by atoms with van der Waals surface area (Å²) in [6, 6.07) is 4.39. The molecular weight excluding hydrogens is 260 g/mol. The summed E-state index contributed by atoms with van der Waals surface area (Å²) in [7, 11) is 0. The molecule has 2 atom stereocenters. The minimum absolute atomic E-state index is 0.330. The molecule has 0 aromatic heterocycles. The van der Waals surface area contributed by atoms with Crippen LogP contribution >= 0.6 is 11.6 Å². The second-order valence-corrected chi connectivity index (χ2v) is 4.04. The summed E-state index contributed by atoms with van der Waals surface area (Å²) in [5.74, 6) is -1.32. The zero-order chi connectivity index (χ0) is 13.7. The minimum atomic E-state index is -1.38. The number of hydrogen-bond donors (Lipinski definition) is 4. The van der Waals surface area contributed by atoms with Gasteiger partial charge in [-0.15, -0.1) is 0 Å². The maximum absolute atomic E-state index is 11.5. The zero-order valence-electron chi connectivity index (χ0n) is 9.55. The lowest BCUT2D eigenvalue weighted by Gasteiger charge is -2.17. The highest BCUT2D eigenvalue weighted by Crippen LogP contribution is 2.20. The number of carboxylic acids is 1. The van der Waals surface area contributed by atoms with Crippen LogP contribution in [0.15, 0.2) is 24.3 Å². The largest absolute Gasteiger partial charge is 0.480 e. The van der Waals surface area contributed by atoms with Gasteiger partial charge in [0.2, 0.25) is 0 Å². The number of carbonyl (C=O) groups is 2. The summed E-state index contributed by atoms with van der Waals surface area (Å²) in [5, 5.41) is 22.8. The number of carbonyl (C=O) groups excluding carboxylic acids is 1. The molecule has 7 heteroatoms. The van der Waals surface area contributed by atoms with Gasteiger partial charge >= 0.3 is 12.0 Å². The predicted molar refractivity (Wildman–Crippen MR) is 66.7 cm³/mol. The second kappa shape index (κ2) is 6.23. The Morgan fingerprint density at radius 3 is 2.44 bits per heavy atom. The monoisotopic (exact) mass is 272 g/mol. The fraction of sp³-hybridized carbons (Fsp3) is 0.273. The van der Waals surface area contributed by atoms with Crippen molar-refractivity contribution in [1.29, 1.82) is 0 Å². The number of aliphatic hydroxyl groups is 1. The van der Waals surface area contributed by atoms with Crippen molar-refractivity contribution in [3.8, 4) is 0 Å². The number of para-hydroxylation sites is 1. The summed E-state index contributed by atoms with van der Waals surface area (Å²) >= 11 is 5.82. The first-order chi connectivity index (χ1) is 8.41. The highest BCUT2D eigenvalue weighted by atomic mass is 35.5. The summed E-state index contributed by atoms with van der Waals surface area (Å²) in [5.41, 5.74) is 0.353. The van der Waals surface area contributed by atoms with Crippen LogP contribution in [0.2, 0.25) is 5.02 Å². The Balaban J connectivity index is 2.67. The van der Waals surface area contributed by atoms with Crippen LogP contribution in [-0.4, -0.2) is 34.4 Å². The maximum atomic E-state index is 11.5. The minimum Gasteiger partial charge on any atom is -0.480 e. The molecule has 0 aliphatic carbocycles. The van der Waals surface area contributed by atoms with Gasteiger partial charge in [-0.25, -0.2) is 9.59 Å². The summed E-state index contributed by atoms with van der Waals surface area (Å²) < 4.78 is 0. The van der Waals surface area contributed by atoms with Gasteiger partial charge < -0.3 is 20.8 Å². The molecule has 0 saturated heterocycles. The molecule has 2 unspecified atom stereocenters. The van der Waals surface area contributed by atoms with Gasteiger partial charge in [0.1, 0.15) is 0 Å². The van der Waals surface area contributed by atoms with Crippen molar-refractivity contribution in [2.75, 3.05) is 5.32 Å². The molecule has 4 N–H and O–H groups in total. The number of halogens is 1. The molecule has 0 spiro atoms. The van der Waals surface area contributed by atoms with Gasteiger partial charge in [-0.1, -0.05) is 23.7 Å². The summed E-state index contributed by atoms with van der Waals surface area (Å²) in [6.45, 7) is 1.27. The maximum Gasteiger partial charge on any atom is 0.328 e. The van der Waals surface area contributed by atoms with Crippen molar-refractivity contribution in [1.82, 2.24) is 5.32 Å². The van der Waals surface area contributed by atoms with Crippen LogP contribution in [0.3, 0.4) is 0 Å². The van der Waals surface area contributed by atoms with E-state index in [0.29, 0.717) is 10.7 Å². The number of anilines is 1. The molecule has 0 aliphatic rings. The third-order valence-corrected chi connectivity index (χ3v) is 2.49. The van der Waals surface area contributed by atoms with E-state index in [1.807, 2.05) is 0 Å². The number of nitrogens with one attached hydrogen (secondary N) is 2. The lowest BCUT2D eigenvalue weighted by molar-refractivity contribution is -0.141. The third kappa shape index (κ3) is 3.90. The Labute approximate surface area is 109 Å². The number of urea groups is 1. The normalized spacial score (nSPS) is 13.5. The molecule has 18 heavy (non-hydrogen) atoms. The molecule has 1 aromatic carbocycles. The number of benzene rings is 1. The van der Waals surface area contributed by atoms with Crippen LogP contribution in [0, 0.1) is 0 Å². The van der Waals surface area contributed by atoms with Crippen LogP contribution in [0.4, 0.5) is 10.5 Å². The molecule has 0 radical (unpaired) electrons. The average molecular weight is 273 g/mol. The molecule has 0 fully saturated rings. The molecule has 0 heterocycles. The van der Waals surface area contributed by atoms with Crippen molar-refractivity contribution >= 4 is 29.3 Å². The molecule has 0 saturated carbocycles. The molecule has 6 nitrogen and oxygen atoms in total. The van der Waals surface area contributed by atoms with Crippen LogP contribution in [0.25, 0.3) is 0 Å². The van der Waals surface area contributed by atoms with Gasteiger partial charge in [-0.3, -0.25) is 0 Å². The first-order valence-electron chi connectivity index (χ1n) is 5.14. The van der Waals surface area contributed by atoms with Crippen LogP contribution < -0.4 is 10.6 Å². The van der Waals surface area contributed by atoms with Crippen molar-refractivity contribution in [3.05, 3.63) is 29.3 Å². The van der Waals surface area contributed by atoms with E-state index in [1.54, 1.807) is 24.3 Å². The second-order valence-electron chi connectivity index (χ2n) is 3.63. The highest BCUT2D eigenvalue weighted by molar-refractivity contribution is 6.33. The van der Waals surface area contributed by atoms with Gasteiger partial charge in [0, 0.05) is 0 Å². The average Bonchev–Trinajstić information content (AvgIpc) is 2.28. The predicted octanol–water partition coefficient (Wildman–Crippen LogP) is 1.30. The zero-order valence-corrected chi connectivity index (χ0v) is 10.3. The SMILES string of the molecule is CC(O)C(NC(=O)Nc1ccccc1Cl)C(=O)O. The van der Waals surface area contributed by atoms with E-state index in [1.165, 1.54) is 6.92 Å². The number of aliphatic carboxylic acids is 1. The van der Waals surface area contributed by atoms with E-state index in [-0.39, 0.29) is 0 Å². The third-order valence-electron chi connectivity index (χ3n) is 2.16. The Morgan fingerprint density at radius 1 is 1.33 bits per heavy atom. The number of carboxylic acid groups (broad SMARTS) is 1. The van der Waals surface area contributed by atoms with E-state index in [2.05, 4.69) is 10.6 Å². The molecule has 98 valence electrons. The number of hydrogen-bond acceptors (Lipinski definition) is 3. The van der Waals surface area contributed by atoms with Crippen LogP contribution in [0.1, 0.15) is 6.92 Å². The molecular formula is C11H13ClN2O4.